The maximum atomic E-state index is 13.5. The van der Waals surface area contributed by atoms with Gasteiger partial charge in [-0.25, -0.2) is 8.42 Å². The minimum absolute atomic E-state index is 0.129. The van der Waals surface area contributed by atoms with Gasteiger partial charge in [-0.1, -0.05) is 24.1 Å². The van der Waals surface area contributed by atoms with E-state index in [1.54, 1.807) is 24.3 Å². The molecule has 7 heteroatoms. The van der Waals surface area contributed by atoms with Crippen LogP contribution in [0.25, 0.3) is 0 Å². The van der Waals surface area contributed by atoms with Crippen molar-refractivity contribution in [1.29, 1.82) is 0 Å². The van der Waals surface area contributed by atoms with Gasteiger partial charge >= 0.3 is 0 Å². The molecule has 2 aromatic rings. The molecular formula is C24H30N2O4S. The van der Waals surface area contributed by atoms with Gasteiger partial charge in [-0.3, -0.25) is 9.10 Å². The predicted molar refractivity (Wildman–Crippen MR) is 121 cm³/mol. The van der Waals surface area contributed by atoms with Gasteiger partial charge in [-0.05, 0) is 81.3 Å². The quantitative estimate of drug-likeness (QED) is 0.673. The van der Waals surface area contributed by atoms with E-state index in [0.717, 1.165) is 18.4 Å². The first-order chi connectivity index (χ1) is 14.9. The van der Waals surface area contributed by atoms with Crippen molar-refractivity contribution in [1.82, 2.24) is 5.32 Å². The average molecular weight is 443 g/mol. The van der Waals surface area contributed by atoms with E-state index < -0.39 is 10.0 Å². The van der Waals surface area contributed by atoms with E-state index in [-0.39, 0.29) is 23.4 Å². The summed E-state index contributed by atoms with van der Waals surface area (Å²) < 4.78 is 33.6. The first kappa shape index (κ1) is 21.7. The first-order valence-corrected chi connectivity index (χ1v) is 12.4. The molecule has 1 amide bonds. The number of hydrogen-bond donors (Lipinski definition) is 1. The van der Waals surface area contributed by atoms with Gasteiger partial charge in [0.25, 0.3) is 10.0 Å². The van der Waals surface area contributed by atoms with Gasteiger partial charge in [0.15, 0.2) is 0 Å². The molecule has 4 rings (SSSR count). The summed E-state index contributed by atoms with van der Waals surface area (Å²) in [6, 6.07) is 13.7. The lowest BCUT2D eigenvalue weighted by molar-refractivity contribution is -0.120. The molecule has 0 heterocycles. The third kappa shape index (κ3) is 4.71. The fourth-order valence-electron chi connectivity index (χ4n) is 4.83. The van der Waals surface area contributed by atoms with Crippen LogP contribution in [0.15, 0.2) is 53.4 Å². The summed E-state index contributed by atoms with van der Waals surface area (Å²) in [6.45, 7) is 4.08. The highest BCUT2D eigenvalue weighted by Gasteiger charge is 2.40. The molecule has 0 aromatic heterocycles. The number of ether oxygens (including phenoxy) is 1. The largest absolute Gasteiger partial charge is 0.494 e. The number of rotatable bonds is 8. The molecule has 2 aliphatic rings. The van der Waals surface area contributed by atoms with Crippen LogP contribution >= 0.6 is 0 Å². The van der Waals surface area contributed by atoms with E-state index >= 15 is 0 Å². The van der Waals surface area contributed by atoms with Crippen molar-refractivity contribution in [2.24, 2.45) is 11.8 Å². The lowest BCUT2D eigenvalue weighted by Gasteiger charge is -2.27. The monoisotopic (exact) mass is 442 g/mol. The van der Waals surface area contributed by atoms with E-state index in [9.17, 15) is 13.2 Å². The molecule has 2 aliphatic carbocycles. The minimum Gasteiger partial charge on any atom is -0.494 e. The number of anilines is 1. The van der Waals surface area contributed by atoms with Crippen molar-refractivity contribution < 1.29 is 17.9 Å². The Morgan fingerprint density at radius 2 is 1.77 bits per heavy atom. The van der Waals surface area contributed by atoms with Crippen molar-refractivity contribution in [2.75, 3.05) is 17.5 Å². The SMILES string of the molecule is CCOc1ccc(S(=O)(=O)N(CC(=O)N[C@H]2C[C@H]3CC[C@H]2C3)c2ccc(C)cc2)cc1. The molecule has 31 heavy (non-hydrogen) atoms. The van der Waals surface area contributed by atoms with Crippen LogP contribution in [0.2, 0.25) is 0 Å². The Morgan fingerprint density at radius 1 is 1.06 bits per heavy atom. The first-order valence-electron chi connectivity index (χ1n) is 11.0. The Hall–Kier alpha value is -2.54. The Balaban J connectivity index is 1.57. The zero-order valence-electron chi connectivity index (χ0n) is 18.1. The van der Waals surface area contributed by atoms with Crippen molar-refractivity contribution in [3.05, 3.63) is 54.1 Å². The van der Waals surface area contributed by atoms with Crippen molar-refractivity contribution in [3.63, 3.8) is 0 Å². The zero-order valence-corrected chi connectivity index (χ0v) is 18.9. The molecule has 0 saturated heterocycles. The Bertz CT molecular complexity index is 1020. The third-order valence-corrected chi connectivity index (χ3v) is 8.20. The van der Waals surface area contributed by atoms with Crippen molar-refractivity contribution >= 4 is 21.6 Å². The number of fused-ring (bicyclic) bond motifs is 2. The van der Waals surface area contributed by atoms with E-state index in [2.05, 4.69) is 5.32 Å². The number of aryl methyl sites for hydroxylation is 1. The van der Waals surface area contributed by atoms with Crippen LogP contribution in [0.3, 0.4) is 0 Å². The number of nitrogens with zero attached hydrogens (tertiary/aromatic N) is 1. The van der Waals surface area contributed by atoms with E-state index in [4.69, 9.17) is 4.74 Å². The summed E-state index contributed by atoms with van der Waals surface area (Å²) in [4.78, 5) is 13.0. The van der Waals surface area contributed by atoms with Gasteiger partial charge in [-0.15, -0.1) is 0 Å². The lowest BCUT2D eigenvalue weighted by Crippen LogP contribution is -2.46. The number of sulfonamides is 1. The number of carbonyl (C=O) groups is 1. The topological polar surface area (TPSA) is 75.7 Å². The molecule has 166 valence electrons. The normalized spacial score (nSPS) is 22.3. The van der Waals surface area contributed by atoms with Crippen molar-refractivity contribution in [2.45, 2.75) is 50.5 Å². The van der Waals surface area contributed by atoms with Crippen molar-refractivity contribution in [3.8, 4) is 5.75 Å². The molecule has 1 N–H and O–H groups in total. The van der Waals surface area contributed by atoms with Gasteiger partial charge in [-0.2, -0.15) is 0 Å². The van der Waals surface area contributed by atoms with Crippen LogP contribution in [-0.2, 0) is 14.8 Å². The Kier molecular flexibility index (Phi) is 6.23. The molecule has 6 nitrogen and oxygen atoms in total. The van der Waals surface area contributed by atoms with E-state index in [1.165, 1.54) is 29.3 Å². The molecule has 2 saturated carbocycles. The molecule has 0 spiro atoms. The summed E-state index contributed by atoms with van der Waals surface area (Å²) in [5.41, 5.74) is 1.50. The maximum absolute atomic E-state index is 13.5. The van der Waals surface area contributed by atoms with E-state index in [1.807, 2.05) is 26.0 Å². The second-order valence-corrected chi connectivity index (χ2v) is 10.5. The fraction of sp³-hybridized carbons (Fsp3) is 0.458. The van der Waals surface area contributed by atoms with Gasteiger partial charge < -0.3 is 10.1 Å². The smallest absolute Gasteiger partial charge is 0.264 e. The number of carbonyl (C=O) groups excluding carboxylic acids is 1. The molecule has 2 fully saturated rings. The number of benzene rings is 2. The van der Waals surface area contributed by atoms with Crippen LogP contribution in [0.5, 0.6) is 5.75 Å². The molecule has 0 unspecified atom stereocenters. The number of nitrogens with one attached hydrogen (secondary N) is 1. The highest BCUT2D eigenvalue weighted by atomic mass is 32.2. The third-order valence-electron chi connectivity index (χ3n) is 6.42. The standard InChI is InChI=1S/C24H30N2O4S/c1-3-30-21-10-12-22(13-11-21)31(28,29)26(20-8-4-17(2)5-9-20)16-24(27)25-23-15-18-6-7-19(23)14-18/h4-5,8-13,18-19,23H,3,6-7,14-16H2,1-2H3,(H,25,27)/t18-,19-,23-/m0/s1. The second-order valence-electron chi connectivity index (χ2n) is 8.60. The van der Waals surface area contributed by atoms with Crippen LogP contribution in [-0.4, -0.2) is 33.5 Å². The van der Waals surface area contributed by atoms with Crippen LogP contribution in [0.1, 0.15) is 38.2 Å². The molecule has 2 bridgehead atoms. The number of amides is 1. The average Bonchev–Trinajstić information content (AvgIpc) is 3.37. The summed E-state index contributed by atoms with van der Waals surface area (Å²) >= 11 is 0. The lowest BCUT2D eigenvalue weighted by atomic mass is 9.95. The molecule has 0 aliphatic heterocycles. The summed E-state index contributed by atoms with van der Waals surface area (Å²) in [7, 11) is -3.92. The molecule has 3 atom stereocenters. The van der Waals surface area contributed by atoms with Gasteiger partial charge in [0.05, 0.1) is 17.2 Å². The molecule has 2 aromatic carbocycles. The van der Waals surface area contributed by atoms with Crippen LogP contribution in [0, 0.1) is 18.8 Å². The summed E-state index contributed by atoms with van der Waals surface area (Å²) in [6.07, 6.45) is 4.59. The van der Waals surface area contributed by atoms with E-state index in [0.29, 0.717) is 29.9 Å². The van der Waals surface area contributed by atoms with Gasteiger partial charge in [0.1, 0.15) is 12.3 Å². The fourth-order valence-corrected chi connectivity index (χ4v) is 6.25. The van der Waals surface area contributed by atoms with Gasteiger partial charge in [0.2, 0.25) is 5.91 Å². The summed E-state index contributed by atoms with van der Waals surface area (Å²) in [5.74, 6) is 1.59. The Morgan fingerprint density at radius 3 is 2.35 bits per heavy atom. The maximum Gasteiger partial charge on any atom is 0.264 e. The molecule has 0 radical (unpaired) electrons. The zero-order chi connectivity index (χ0) is 22.0. The highest BCUT2D eigenvalue weighted by Crippen LogP contribution is 2.44. The highest BCUT2D eigenvalue weighted by molar-refractivity contribution is 7.92. The number of hydrogen-bond acceptors (Lipinski definition) is 4. The summed E-state index contributed by atoms with van der Waals surface area (Å²) in [5, 5.41) is 3.11. The Labute approximate surface area is 184 Å². The van der Waals surface area contributed by atoms with Gasteiger partial charge in [0, 0.05) is 6.04 Å². The predicted octanol–water partition coefficient (Wildman–Crippen LogP) is 3.89. The van der Waals surface area contributed by atoms with Crippen LogP contribution in [0.4, 0.5) is 5.69 Å². The minimum atomic E-state index is -3.92. The second kappa shape index (κ2) is 8.91. The van der Waals surface area contributed by atoms with Crippen LogP contribution < -0.4 is 14.4 Å². The molecular weight excluding hydrogens is 412 g/mol.